The predicted octanol–water partition coefficient (Wildman–Crippen LogP) is 2.28. The van der Waals surface area contributed by atoms with Gasteiger partial charge in [-0.05, 0) is 29.8 Å². The van der Waals surface area contributed by atoms with Gasteiger partial charge in [-0.25, -0.2) is 4.79 Å². The highest BCUT2D eigenvalue weighted by Crippen LogP contribution is 2.33. The average Bonchev–Trinajstić information content (AvgIpc) is 2.89. The molecule has 1 amide bonds. The Morgan fingerprint density at radius 3 is 2.75 bits per heavy atom. The third-order valence-corrected chi connectivity index (χ3v) is 4.12. The fraction of sp³-hybridized carbons (Fsp3) is 0.222. The Bertz CT molecular complexity index is 776. The van der Waals surface area contributed by atoms with Gasteiger partial charge in [0, 0.05) is 13.6 Å². The highest BCUT2D eigenvalue weighted by Gasteiger charge is 2.26. The number of fused-ring (bicyclic) bond motifs is 1. The van der Waals surface area contributed by atoms with Gasteiger partial charge in [-0.2, -0.15) is 0 Å². The quantitative estimate of drug-likeness (QED) is 0.786. The zero-order valence-corrected chi connectivity index (χ0v) is 13.3. The number of hydrogen-bond donors (Lipinski definition) is 3. The first-order chi connectivity index (χ1) is 11.5. The highest BCUT2D eigenvalue weighted by molar-refractivity contribution is 5.87. The summed E-state index contributed by atoms with van der Waals surface area (Å²) in [6.45, 7) is 0.309. The number of rotatable bonds is 5. The minimum atomic E-state index is -0.974. The van der Waals surface area contributed by atoms with E-state index in [-0.39, 0.29) is 17.6 Å². The van der Waals surface area contributed by atoms with Crippen LogP contribution in [0.5, 0.6) is 0 Å². The number of amides is 1. The van der Waals surface area contributed by atoms with Crippen LogP contribution >= 0.6 is 0 Å². The first kappa shape index (κ1) is 15.9. The summed E-state index contributed by atoms with van der Waals surface area (Å²) in [6.07, 6.45) is 0.219. The van der Waals surface area contributed by atoms with Gasteiger partial charge in [0.05, 0.1) is 23.4 Å². The summed E-state index contributed by atoms with van der Waals surface area (Å²) in [7, 11) is 1.95. The molecule has 0 radical (unpaired) electrons. The number of carbonyl (C=O) groups is 2. The van der Waals surface area contributed by atoms with Crippen molar-refractivity contribution < 1.29 is 14.7 Å². The van der Waals surface area contributed by atoms with Crippen LogP contribution in [0, 0.1) is 0 Å². The lowest BCUT2D eigenvalue weighted by Crippen LogP contribution is -2.38. The fourth-order valence-corrected chi connectivity index (χ4v) is 2.80. The molecule has 0 aromatic heterocycles. The Balaban J connectivity index is 1.56. The number of carbonyl (C=O) groups excluding carboxylic acids is 1. The van der Waals surface area contributed by atoms with Crippen molar-refractivity contribution >= 4 is 23.3 Å². The molecule has 1 atom stereocenters. The number of carboxylic acid groups (broad SMARTS) is 1. The van der Waals surface area contributed by atoms with E-state index in [2.05, 4.69) is 10.6 Å². The largest absolute Gasteiger partial charge is 0.478 e. The van der Waals surface area contributed by atoms with E-state index in [4.69, 9.17) is 5.11 Å². The Morgan fingerprint density at radius 1 is 1.21 bits per heavy atom. The molecule has 2 aromatic carbocycles. The summed E-state index contributed by atoms with van der Waals surface area (Å²) in [5.74, 6) is -1.06. The molecule has 6 heteroatoms. The van der Waals surface area contributed by atoms with E-state index in [9.17, 15) is 9.59 Å². The lowest BCUT2D eigenvalue weighted by Gasteiger charge is -2.21. The van der Waals surface area contributed by atoms with E-state index in [1.165, 1.54) is 6.07 Å². The van der Waals surface area contributed by atoms with Crippen molar-refractivity contribution in [1.82, 2.24) is 5.32 Å². The van der Waals surface area contributed by atoms with Crippen molar-refractivity contribution in [1.29, 1.82) is 0 Å². The molecule has 0 saturated carbocycles. The fourth-order valence-electron chi connectivity index (χ4n) is 2.80. The van der Waals surface area contributed by atoms with Gasteiger partial charge in [-0.15, -0.1) is 0 Å². The average molecular weight is 325 g/mol. The van der Waals surface area contributed by atoms with Crippen molar-refractivity contribution in [3.05, 3.63) is 59.7 Å². The number of aromatic carboxylic acids is 1. The van der Waals surface area contributed by atoms with Crippen molar-refractivity contribution in [3.8, 4) is 0 Å². The SMILES string of the molecule is CN1c2ccccc2NC1CC(=O)NCc1cccc(C(=O)O)c1. The van der Waals surface area contributed by atoms with Gasteiger partial charge in [0.15, 0.2) is 0 Å². The molecule has 1 aliphatic heterocycles. The normalized spacial score (nSPS) is 15.5. The monoisotopic (exact) mass is 325 g/mol. The van der Waals surface area contributed by atoms with Crippen molar-refractivity contribution in [3.63, 3.8) is 0 Å². The zero-order valence-electron chi connectivity index (χ0n) is 13.3. The van der Waals surface area contributed by atoms with Crippen LogP contribution in [0.1, 0.15) is 22.3 Å². The van der Waals surface area contributed by atoms with Crippen LogP contribution in [-0.4, -0.2) is 30.2 Å². The highest BCUT2D eigenvalue weighted by atomic mass is 16.4. The molecule has 1 aliphatic rings. The number of para-hydroxylation sites is 2. The van der Waals surface area contributed by atoms with Crippen molar-refractivity contribution in [2.75, 3.05) is 17.3 Å². The second-order valence-electron chi connectivity index (χ2n) is 5.77. The summed E-state index contributed by atoms with van der Waals surface area (Å²) in [5.41, 5.74) is 3.07. The molecule has 124 valence electrons. The van der Waals surface area contributed by atoms with Crippen LogP contribution < -0.4 is 15.5 Å². The van der Waals surface area contributed by atoms with E-state index in [0.717, 1.165) is 16.9 Å². The third kappa shape index (κ3) is 3.32. The van der Waals surface area contributed by atoms with Crippen LogP contribution in [0.15, 0.2) is 48.5 Å². The van der Waals surface area contributed by atoms with Crippen LogP contribution in [0.2, 0.25) is 0 Å². The van der Waals surface area contributed by atoms with Crippen molar-refractivity contribution in [2.45, 2.75) is 19.1 Å². The molecule has 0 aliphatic carbocycles. The van der Waals surface area contributed by atoms with E-state index in [1.54, 1.807) is 18.2 Å². The molecule has 0 fully saturated rings. The van der Waals surface area contributed by atoms with Gasteiger partial charge in [-0.1, -0.05) is 24.3 Å². The number of anilines is 2. The molecule has 0 spiro atoms. The zero-order chi connectivity index (χ0) is 17.1. The van der Waals surface area contributed by atoms with Crippen LogP contribution in [-0.2, 0) is 11.3 Å². The predicted molar refractivity (Wildman–Crippen MR) is 92.1 cm³/mol. The Hall–Kier alpha value is -3.02. The number of benzene rings is 2. The molecule has 3 N–H and O–H groups in total. The van der Waals surface area contributed by atoms with Crippen molar-refractivity contribution in [2.24, 2.45) is 0 Å². The molecular weight excluding hydrogens is 306 g/mol. The number of nitrogens with one attached hydrogen (secondary N) is 2. The van der Waals surface area contributed by atoms with Gasteiger partial charge >= 0.3 is 5.97 Å². The Kier molecular flexibility index (Phi) is 4.37. The minimum Gasteiger partial charge on any atom is -0.478 e. The molecule has 3 rings (SSSR count). The maximum Gasteiger partial charge on any atom is 0.335 e. The summed E-state index contributed by atoms with van der Waals surface area (Å²) in [6, 6.07) is 14.5. The molecule has 1 unspecified atom stereocenters. The summed E-state index contributed by atoms with van der Waals surface area (Å²) in [4.78, 5) is 25.2. The summed E-state index contributed by atoms with van der Waals surface area (Å²) in [5, 5.41) is 15.2. The smallest absolute Gasteiger partial charge is 0.335 e. The van der Waals surface area contributed by atoms with E-state index in [0.29, 0.717) is 13.0 Å². The van der Waals surface area contributed by atoms with Gasteiger partial charge < -0.3 is 20.6 Å². The van der Waals surface area contributed by atoms with Crippen LogP contribution in [0.4, 0.5) is 11.4 Å². The molecule has 6 nitrogen and oxygen atoms in total. The second kappa shape index (κ2) is 6.62. The topological polar surface area (TPSA) is 81.7 Å². The second-order valence-corrected chi connectivity index (χ2v) is 5.77. The standard InChI is InChI=1S/C18H19N3O3/c1-21-15-8-3-2-7-14(15)20-16(21)10-17(22)19-11-12-5-4-6-13(9-12)18(23)24/h2-9,16,20H,10-11H2,1H3,(H,19,22)(H,23,24). The number of hydrogen-bond acceptors (Lipinski definition) is 4. The number of nitrogens with zero attached hydrogens (tertiary/aromatic N) is 1. The summed E-state index contributed by atoms with van der Waals surface area (Å²) < 4.78 is 0. The first-order valence-corrected chi connectivity index (χ1v) is 7.72. The molecule has 1 heterocycles. The third-order valence-electron chi connectivity index (χ3n) is 4.12. The van der Waals surface area contributed by atoms with Gasteiger partial charge in [0.25, 0.3) is 0 Å². The molecule has 2 aromatic rings. The first-order valence-electron chi connectivity index (χ1n) is 7.72. The van der Waals surface area contributed by atoms with Gasteiger partial charge in [0.1, 0.15) is 6.17 Å². The van der Waals surface area contributed by atoms with Gasteiger partial charge in [-0.3, -0.25) is 4.79 Å². The lowest BCUT2D eigenvalue weighted by molar-refractivity contribution is -0.121. The maximum atomic E-state index is 12.2. The molecule has 24 heavy (non-hydrogen) atoms. The maximum absolute atomic E-state index is 12.2. The molecule has 0 bridgehead atoms. The van der Waals surface area contributed by atoms with E-state index in [1.807, 2.05) is 36.2 Å². The minimum absolute atomic E-state index is 0.0899. The lowest BCUT2D eigenvalue weighted by atomic mass is 10.1. The van der Waals surface area contributed by atoms with Crippen LogP contribution in [0.25, 0.3) is 0 Å². The van der Waals surface area contributed by atoms with E-state index >= 15 is 0 Å². The Morgan fingerprint density at radius 2 is 2.00 bits per heavy atom. The van der Waals surface area contributed by atoms with E-state index < -0.39 is 5.97 Å². The molecular formula is C18H19N3O3. The van der Waals surface area contributed by atoms with Crippen LogP contribution in [0.3, 0.4) is 0 Å². The summed E-state index contributed by atoms with van der Waals surface area (Å²) >= 11 is 0. The van der Waals surface area contributed by atoms with Gasteiger partial charge in [0.2, 0.25) is 5.91 Å². The molecule has 0 saturated heterocycles. The number of carboxylic acids is 1. The Labute approximate surface area is 140 Å².